The molecule has 0 saturated carbocycles. The number of aldehydes is 1. The zero-order valence-electron chi connectivity index (χ0n) is 10.2. The van der Waals surface area contributed by atoms with Crippen molar-refractivity contribution in [3.05, 3.63) is 0 Å². The van der Waals surface area contributed by atoms with E-state index in [1.165, 1.54) is 26.2 Å². The van der Waals surface area contributed by atoms with Crippen LogP contribution in [0.15, 0.2) is 0 Å². The van der Waals surface area contributed by atoms with Crippen LogP contribution in [0.2, 0.25) is 0 Å². The highest BCUT2D eigenvalue weighted by Crippen LogP contribution is 1.98. The van der Waals surface area contributed by atoms with Gasteiger partial charge in [0.1, 0.15) is 6.29 Å². The lowest BCUT2D eigenvalue weighted by Gasteiger charge is -2.10. The second-order valence-corrected chi connectivity index (χ2v) is 2.42. The van der Waals surface area contributed by atoms with Crippen molar-refractivity contribution in [3.63, 3.8) is 0 Å². The Morgan fingerprint density at radius 2 is 1.69 bits per heavy atom. The molecule has 0 aliphatic heterocycles. The van der Waals surface area contributed by atoms with Crippen molar-refractivity contribution in [2.45, 2.75) is 59.9 Å². The quantitative estimate of drug-likeness (QED) is 0.689. The van der Waals surface area contributed by atoms with E-state index in [9.17, 15) is 0 Å². The molecule has 0 spiro atoms. The number of carbonyl (C=O) groups excluding carboxylic acids is 1. The van der Waals surface area contributed by atoms with E-state index in [4.69, 9.17) is 4.79 Å². The van der Waals surface area contributed by atoms with E-state index in [0.717, 1.165) is 12.3 Å². The lowest BCUT2D eigenvalue weighted by molar-refractivity contribution is -0.106. The number of hydrogen-bond donors (Lipinski definition) is 1. The van der Waals surface area contributed by atoms with E-state index in [1.807, 2.05) is 20.9 Å². The summed E-state index contributed by atoms with van der Waals surface area (Å²) >= 11 is 0. The molecule has 0 aromatic carbocycles. The maximum absolute atomic E-state index is 8.81. The van der Waals surface area contributed by atoms with Crippen LogP contribution in [0.1, 0.15) is 53.9 Å². The normalized spacial score (nSPS) is 10.0. The van der Waals surface area contributed by atoms with Gasteiger partial charge in [-0.15, -0.1) is 0 Å². The number of rotatable bonds is 4. The summed E-state index contributed by atoms with van der Waals surface area (Å²) in [7, 11) is 2.03. The Morgan fingerprint density at radius 1 is 1.31 bits per heavy atom. The standard InChI is InChI=1S/C7H17N.C2H4O.C2H6/c1-4-6-7(5-2)8-3;1-2-3;1-2/h7-8H,4-6H2,1-3H3;2H,1H3;1-2H3. The van der Waals surface area contributed by atoms with Gasteiger partial charge in [0.2, 0.25) is 0 Å². The second kappa shape index (κ2) is 22.6. The predicted molar refractivity (Wildman–Crippen MR) is 61.1 cm³/mol. The van der Waals surface area contributed by atoms with Gasteiger partial charge < -0.3 is 10.1 Å². The molecular formula is C11H27NO. The SMILES string of the molecule is CC.CC=O.CCCC(CC)NC. The maximum Gasteiger partial charge on any atom is 0.116 e. The first-order chi connectivity index (χ1) is 6.26. The third-order valence-corrected chi connectivity index (χ3v) is 1.54. The van der Waals surface area contributed by atoms with Gasteiger partial charge in [0.05, 0.1) is 0 Å². The largest absolute Gasteiger partial charge is 0.317 e. The minimum absolute atomic E-state index is 0.750. The molecule has 0 aromatic rings. The Kier molecular flexibility index (Phi) is 32.0. The van der Waals surface area contributed by atoms with Gasteiger partial charge in [0.25, 0.3) is 0 Å². The molecule has 0 radical (unpaired) electrons. The summed E-state index contributed by atoms with van der Waals surface area (Å²) in [5.74, 6) is 0. The van der Waals surface area contributed by atoms with Gasteiger partial charge in [-0.1, -0.05) is 34.1 Å². The van der Waals surface area contributed by atoms with Crippen LogP contribution >= 0.6 is 0 Å². The van der Waals surface area contributed by atoms with Crippen LogP contribution in [0.5, 0.6) is 0 Å². The van der Waals surface area contributed by atoms with Gasteiger partial charge in [-0.3, -0.25) is 0 Å². The zero-order valence-corrected chi connectivity index (χ0v) is 10.2. The van der Waals surface area contributed by atoms with E-state index in [-0.39, 0.29) is 0 Å². The van der Waals surface area contributed by atoms with Gasteiger partial charge in [-0.25, -0.2) is 0 Å². The summed E-state index contributed by atoms with van der Waals surface area (Å²) in [6, 6.07) is 0.750. The summed E-state index contributed by atoms with van der Waals surface area (Å²) in [4.78, 5) is 8.81. The van der Waals surface area contributed by atoms with Crippen molar-refractivity contribution in [2.24, 2.45) is 0 Å². The molecule has 0 aliphatic carbocycles. The first-order valence-electron chi connectivity index (χ1n) is 5.33. The van der Waals surface area contributed by atoms with Gasteiger partial charge in [-0.05, 0) is 26.8 Å². The zero-order chi connectivity index (χ0) is 11.1. The molecule has 1 N–H and O–H groups in total. The van der Waals surface area contributed by atoms with Gasteiger partial charge in [0, 0.05) is 6.04 Å². The van der Waals surface area contributed by atoms with E-state index in [1.54, 1.807) is 0 Å². The molecule has 1 unspecified atom stereocenters. The van der Waals surface area contributed by atoms with Crippen molar-refractivity contribution in [1.29, 1.82) is 0 Å². The molecule has 82 valence electrons. The molecule has 0 aliphatic rings. The fourth-order valence-corrected chi connectivity index (χ4v) is 0.901. The highest BCUT2D eigenvalue weighted by atomic mass is 16.1. The molecule has 0 aromatic heterocycles. The summed E-state index contributed by atoms with van der Waals surface area (Å²) < 4.78 is 0. The summed E-state index contributed by atoms with van der Waals surface area (Å²) in [5, 5.41) is 3.25. The Bertz CT molecular complexity index is 70.5. The molecule has 0 fully saturated rings. The van der Waals surface area contributed by atoms with Crippen molar-refractivity contribution in [3.8, 4) is 0 Å². The number of hydrogen-bond acceptors (Lipinski definition) is 2. The molecular weight excluding hydrogens is 162 g/mol. The molecule has 0 amide bonds. The molecule has 13 heavy (non-hydrogen) atoms. The molecule has 2 heteroatoms. The first-order valence-corrected chi connectivity index (χ1v) is 5.33. The van der Waals surface area contributed by atoms with Crippen LogP contribution in [0.3, 0.4) is 0 Å². The Balaban J connectivity index is -0.000000169. The van der Waals surface area contributed by atoms with Crippen LogP contribution in [0, 0.1) is 0 Å². The minimum atomic E-state index is 0.750. The van der Waals surface area contributed by atoms with Gasteiger partial charge in [-0.2, -0.15) is 0 Å². The van der Waals surface area contributed by atoms with Crippen molar-refractivity contribution in [1.82, 2.24) is 5.32 Å². The summed E-state index contributed by atoms with van der Waals surface area (Å²) in [6.45, 7) is 9.89. The fourth-order valence-electron chi connectivity index (χ4n) is 0.901. The van der Waals surface area contributed by atoms with Crippen LogP contribution in [0.4, 0.5) is 0 Å². The van der Waals surface area contributed by atoms with Crippen LogP contribution in [-0.2, 0) is 4.79 Å². The molecule has 0 bridgehead atoms. The van der Waals surface area contributed by atoms with E-state index < -0.39 is 0 Å². The minimum Gasteiger partial charge on any atom is -0.317 e. The van der Waals surface area contributed by atoms with E-state index >= 15 is 0 Å². The van der Waals surface area contributed by atoms with Crippen molar-refractivity contribution >= 4 is 6.29 Å². The van der Waals surface area contributed by atoms with Crippen LogP contribution < -0.4 is 5.32 Å². The van der Waals surface area contributed by atoms with E-state index in [0.29, 0.717) is 0 Å². The van der Waals surface area contributed by atoms with Crippen LogP contribution in [-0.4, -0.2) is 19.4 Å². The van der Waals surface area contributed by atoms with Crippen molar-refractivity contribution < 1.29 is 4.79 Å². The van der Waals surface area contributed by atoms with Gasteiger partial charge >= 0.3 is 0 Å². The number of carbonyl (C=O) groups is 1. The predicted octanol–water partition coefficient (Wildman–Crippen LogP) is 3.02. The first kappa shape index (κ1) is 18.4. The third kappa shape index (κ3) is 24.5. The van der Waals surface area contributed by atoms with Gasteiger partial charge in [0.15, 0.2) is 0 Å². The molecule has 2 nitrogen and oxygen atoms in total. The summed E-state index contributed by atoms with van der Waals surface area (Å²) in [5.41, 5.74) is 0. The van der Waals surface area contributed by atoms with Crippen LogP contribution in [0.25, 0.3) is 0 Å². The summed E-state index contributed by atoms with van der Waals surface area (Å²) in [6.07, 6.45) is 4.61. The lowest BCUT2D eigenvalue weighted by Crippen LogP contribution is -2.23. The maximum atomic E-state index is 8.81. The Hall–Kier alpha value is -0.370. The highest BCUT2D eigenvalue weighted by Gasteiger charge is 1.97. The molecule has 1 atom stereocenters. The topological polar surface area (TPSA) is 29.1 Å². The molecule has 0 heterocycles. The smallest absolute Gasteiger partial charge is 0.116 e. The lowest BCUT2D eigenvalue weighted by atomic mass is 10.1. The average Bonchev–Trinajstić information content (AvgIpc) is 2.18. The highest BCUT2D eigenvalue weighted by molar-refractivity contribution is 5.44. The number of nitrogens with one attached hydrogen (secondary N) is 1. The fraction of sp³-hybridized carbons (Fsp3) is 0.909. The van der Waals surface area contributed by atoms with Crippen molar-refractivity contribution in [2.75, 3.05) is 7.05 Å². The average molecular weight is 189 g/mol. The molecule has 0 saturated heterocycles. The third-order valence-electron chi connectivity index (χ3n) is 1.54. The monoisotopic (exact) mass is 189 g/mol. The van der Waals surface area contributed by atoms with E-state index in [2.05, 4.69) is 19.2 Å². The Morgan fingerprint density at radius 3 is 1.77 bits per heavy atom. The Labute approximate surface area is 84.1 Å². The second-order valence-electron chi connectivity index (χ2n) is 2.42. The molecule has 0 rings (SSSR count).